The summed E-state index contributed by atoms with van der Waals surface area (Å²) in [7, 11) is 0. The van der Waals surface area contributed by atoms with Crippen molar-refractivity contribution in [3.8, 4) is 5.75 Å². The number of anilines is 2. The lowest BCUT2D eigenvalue weighted by atomic mass is 10.2. The Morgan fingerprint density at radius 3 is 2.69 bits per heavy atom. The third kappa shape index (κ3) is 3.79. The van der Waals surface area contributed by atoms with E-state index in [0.717, 1.165) is 26.9 Å². The van der Waals surface area contributed by atoms with Gasteiger partial charge >= 0.3 is 0 Å². The van der Waals surface area contributed by atoms with Crippen molar-refractivity contribution in [2.24, 2.45) is 0 Å². The molecule has 158 valence electrons. The molecule has 0 spiro atoms. The Bertz CT molecular complexity index is 1420. The molecule has 0 aliphatic rings. The predicted octanol–water partition coefficient (Wildman–Crippen LogP) is 6.55. The van der Waals surface area contributed by atoms with Crippen LogP contribution in [0.2, 0.25) is 5.02 Å². The summed E-state index contributed by atoms with van der Waals surface area (Å²) in [5.41, 5.74) is 3.22. The average molecular weight is 460 g/mol. The van der Waals surface area contributed by atoms with Gasteiger partial charge in [0.25, 0.3) is 5.91 Å². The van der Waals surface area contributed by atoms with Crippen LogP contribution in [0.4, 0.5) is 10.8 Å². The summed E-state index contributed by atoms with van der Waals surface area (Å²) in [6, 6.07) is 22.8. The molecule has 2 heterocycles. The number of amides is 1. The molecule has 0 aliphatic heterocycles. The van der Waals surface area contributed by atoms with Gasteiger partial charge in [-0.1, -0.05) is 53.3 Å². The van der Waals surface area contributed by atoms with E-state index in [4.69, 9.17) is 21.3 Å². The highest BCUT2D eigenvalue weighted by atomic mass is 35.5. The molecule has 0 unspecified atom stereocenters. The smallest absolute Gasteiger partial charge is 0.271 e. The summed E-state index contributed by atoms with van der Waals surface area (Å²) in [6.07, 6.45) is 1.67. The maximum Gasteiger partial charge on any atom is 0.271 e. The van der Waals surface area contributed by atoms with Gasteiger partial charge in [0.05, 0.1) is 20.9 Å². The number of fused-ring (bicyclic) bond motifs is 2. The molecule has 0 fully saturated rings. The summed E-state index contributed by atoms with van der Waals surface area (Å²) in [4.78, 5) is 24.2. The van der Waals surface area contributed by atoms with E-state index in [0.29, 0.717) is 21.4 Å². The third-order valence-corrected chi connectivity index (χ3v) is 6.46. The molecule has 0 N–H and O–H groups in total. The molecule has 5 aromatic rings. The molecule has 1 amide bonds. The van der Waals surface area contributed by atoms with Crippen LogP contribution in [0, 0.1) is 6.92 Å². The fourth-order valence-electron chi connectivity index (χ4n) is 3.55. The van der Waals surface area contributed by atoms with E-state index in [1.165, 1.54) is 11.3 Å². The molecule has 5 rings (SSSR count). The standard InChI is InChI=1S/C25H18ClN3O2S/c1-16-7-2-4-10-20(16)29(25-28-19-9-3-5-11-22(19)32-25)23(30)15-31-21-13-12-18(26)17-8-6-14-27-24(17)21/h2-14H,15H2,1H3. The number of halogens is 1. The van der Waals surface area contributed by atoms with Crippen LogP contribution in [0.5, 0.6) is 5.75 Å². The first kappa shape index (κ1) is 20.4. The van der Waals surface area contributed by atoms with Gasteiger partial charge in [-0.3, -0.25) is 14.7 Å². The maximum absolute atomic E-state index is 13.5. The van der Waals surface area contributed by atoms with E-state index in [2.05, 4.69) is 4.98 Å². The molecular formula is C25H18ClN3O2S. The van der Waals surface area contributed by atoms with Crippen molar-refractivity contribution in [1.29, 1.82) is 0 Å². The van der Waals surface area contributed by atoms with Crippen molar-refractivity contribution >= 4 is 60.8 Å². The largest absolute Gasteiger partial charge is 0.481 e. The molecule has 0 saturated carbocycles. The topological polar surface area (TPSA) is 55.3 Å². The molecule has 32 heavy (non-hydrogen) atoms. The molecule has 0 saturated heterocycles. The second-order valence-electron chi connectivity index (χ2n) is 7.21. The lowest BCUT2D eigenvalue weighted by Gasteiger charge is -2.22. The lowest BCUT2D eigenvalue weighted by molar-refractivity contribution is -0.119. The highest BCUT2D eigenvalue weighted by molar-refractivity contribution is 7.22. The third-order valence-electron chi connectivity index (χ3n) is 5.11. The van der Waals surface area contributed by atoms with Crippen molar-refractivity contribution in [2.45, 2.75) is 6.92 Å². The average Bonchev–Trinajstić information content (AvgIpc) is 3.24. The highest BCUT2D eigenvalue weighted by Crippen LogP contribution is 2.35. The van der Waals surface area contributed by atoms with Crippen molar-refractivity contribution in [3.63, 3.8) is 0 Å². The van der Waals surface area contributed by atoms with E-state index in [1.54, 1.807) is 23.2 Å². The minimum absolute atomic E-state index is 0.169. The second kappa shape index (κ2) is 8.57. The molecule has 0 radical (unpaired) electrons. The molecule has 0 bridgehead atoms. The number of ether oxygens (including phenoxy) is 1. The van der Waals surface area contributed by atoms with Crippen molar-refractivity contribution in [1.82, 2.24) is 9.97 Å². The van der Waals surface area contributed by atoms with Crippen LogP contribution in [0.1, 0.15) is 5.56 Å². The molecule has 3 aromatic carbocycles. The molecule has 2 aromatic heterocycles. The Labute approximate surface area is 193 Å². The minimum Gasteiger partial charge on any atom is -0.481 e. The summed E-state index contributed by atoms with van der Waals surface area (Å²) in [5, 5.41) is 1.97. The van der Waals surface area contributed by atoms with Gasteiger partial charge in [-0.15, -0.1) is 0 Å². The van der Waals surface area contributed by atoms with Gasteiger partial charge in [0.1, 0.15) is 11.3 Å². The fourth-order valence-corrected chi connectivity index (χ4v) is 4.76. The fraction of sp³-hybridized carbons (Fsp3) is 0.0800. The van der Waals surface area contributed by atoms with Crippen LogP contribution in [0.3, 0.4) is 0 Å². The first-order valence-corrected chi connectivity index (χ1v) is 11.2. The number of nitrogens with zero attached hydrogens (tertiary/aromatic N) is 3. The Morgan fingerprint density at radius 2 is 1.84 bits per heavy atom. The predicted molar refractivity (Wildman–Crippen MR) is 130 cm³/mol. The van der Waals surface area contributed by atoms with Crippen LogP contribution in [-0.2, 0) is 4.79 Å². The number of para-hydroxylation sites is 2. The van der Waals surface area contributed by atoms with Crippen molar-refractivity contribution < 1.29 is 9.53 Å². The Kier molecular flexibility index (Phi) is 5.47. The maximum atomic E-state index is 13.5. The van der Waals surface area contributed by atoms with E-state index in [1.807, 2.05) is 67.6 Å². The second-order valence-corrected chi connectivity index (χ2v) is 8.63. The Hall–Kier alpha value is -3.48. The van der Waals surface area contributed by atoms with Gasteiger partial charge in [-0.25, -0.2) is 4.98 Å². The number of benzene rings is 3. The molecular weight excluding hydrogens is 442 g/mol. The summed E-state index contributed by atoms with van der Waals surface area (Å²) >= 11 is 7.75. The van der Waals surface area contributed by atoms with Gasteiger partial charge in [0, 0.05) is 11.6 Å². The normalized spacial score (nSPS) is 11.1. The first-order valence-electron chi connectivity index (χ1n) is 10.0. The van der Waals surface area contributed by atoms with Crippen LogP contribution in [-0.4, -0.2) is 22.5 Å². The summed E-state index contributed by atoms with van der Waals surface area (Å²) in [5.74, 6) is 0.282. The number of aromatic nitrogens is 2. The van der Waals surface area contributed by atoms with E-state index < -0.39 is 0 Å². The van der Waals surface area contributed by atoms with E-state index >= 15 is 0 Å². The van der Waals surface area contributed by atoms with E-state index in [-0.39, 0.29) is 12.5 Å². The number of carbonyl (C=O) groups is 1. The van der Waals surface area contributed by atoms with Gasteiger partial charge in [-0.2, -0.15) is 0 Å². The van der Waals surface area contributed by atoms with Crippen LogP contribution >= 0.6 is 22.9 Å². The van der Waals surface area contributed by atoms with Crippen LogP contribution in [0.25, 0.3) is 21.1 Å². The first-order chi connectivity index (χ1) is 15.6. The lowest BCUT2D eigenvalue weighted by Crippen LogP contribution is -2.31. The van der Waals surface area contributed by atoms with E-state index in [9.17, 15) is 4.79 Å². The molecule has 7 heteroatoms. The number of thiazole rings is 1. The zero-order valence-corrected chi connectivity index (χ0v) is 18.7. The Morgan fingerprint density at radius 1 is 1.03 bits per heavy atom. The van der Waals surface area contributed by atoms with Crippen molar-refractivity contribution in [2.75, 3.05) is 11.5 Å². The number of rotatable bonds is 5. The number of aryl methyl sites for hydroxylation is 1. The number of hydrogen-bond donors (Lipinski definition) is 0. The van der Waals surface area contributed by atoms with Crippen LogP contribution in [0.15, 0.2) is 79.0 Å². The van der Waals surface area contributed by atoms with Gasteiger partial charge < -0.3 is 4.74 Å². The van der Waals surface area contributed by atoms with Gasteiger partial charge in [0.15, 0.2) is 11.7 Å². The van der Waals surface area contributed by atoms with Gasteiger partial charge in [0.2, 0.25) is 0 Å². The number of pyridine rings is 1. The molecule has 5 nitrogen and oxygen atoms in total. The van der Waals surface area contributed by atoms with Crippen molar-refractivity contribution in [3.05, 3.63) is 89.6 Å². The summed E-state index contributed by atoms with van der Waals surface area (Å²) < 4.78 is 6.95. The quantitative estimate of drug-likeness (QED) is 0.299. The molecule has 0 aliphatic carbocycles. The van der Waals surface area contributed by atoms with Crippen LogP contribution < -0.4 is 9.64 Å². The SMILES string of the molecule is Cc1ccccc1N(C(=O)COc1ccc(Cl)c2cccnc12)c1nc2ccccc2s1. The Balaban J connectivity index is 1.50. The summed E-state index contributed by atoms with van der Waals surface area (Å²) in [6.45, 7) is 1.80. The zero-order valence-electron chi connectivity index (χ0n) is 17.2. The van der Waals surface area contributed by atoms with Gasteiger partial charge in [-0.05, 0) is 55.0 Å². The monoisotopic (exact) mass is 459 g/mol. The minimum atomic E-state index is -0.225. The molecule has 0 atom stereocenters. The number of hydrogen-bond acceptors (Lipinski definition) is 5. The highest BCUT2D eigenvalue weighted by Gasteiger charge is 2.24. The number of carbonyl (C=O) groups excluding carboxylic acids is 1. The zero-order chi connectivity index (χ0) is 22.1.